The smallest absolute Gasteiger partial charge is 0.0704 e. The van der Waals surface area contributed by atoms with Crippen molar-refractivity contribution >= 4 is 0 Å². The van der Waals surface area contributed by atoms with Crippen LogP contribution in [0.2, 0.25) is 0 Å². The first-order valence-corrected chi connectivity index (χ1v) is 8.35. The van der Waals surface area contributed by atoms with E-state index in [1.807, 2.05) is 6.20 Å². The van der Waals surface area contributed by atoms with Crippen molar-refractivity contribution in [1.82, 2.24) is 4.98 Å². The van der Waals surface area contributed by atoms with Gasteiger partial charge in [-0.25, -0.2) is 0 Å². The van der Waals surface area contributed by atoms with Crippen molar-refractivity contribution in [3.63, 3.8) is 0 Å². The molecule has 21 heavy (non-hydrogen) atoms. The first-order chi connectivity index (χ1) is 10.3. The maximum atomic E-state index is 4.62. The van der Waals surface area contributed by atoms with Gasteiger partial charge >= 0.3 is 0 Å². The molecule has 1 heterocycles. The van der Waals surface area contributed by atoms with Gasteiger partial charge in [0.2, 0.25) is 0 Å². The van der Waals surface area contributed by atoms with Crippen LogP contribution in [-0.4, -0.2) is 4.98 Å². The zero-order valence-corrected chi connectivity index (χ0v) is 12.8. The highest BCUT2D eigenvalue weighted by atomic mass is 14.7. The number of benzene rings is 1. The fraction of sp³-hybridized carbons (Fsp3) is 0.450. The van der Waals surface area contributed by atoms with Crippen LogP contribution in [0, 0.1) is 5.92 Å². The molecule has 2 bridgehead atoms. The molecule has 0 amide bonds. The average Bonchev–Trinajstić information content (AvgIpc) is 3.17. The fourth-order valence-electron chi connectivity index (χ4n) is 4.43. The van der Waals surface area contributed by atoms with Gasteiger partial charge in [0.15, 0.2) is 0 Å². The number of hydrogen-bond donors (Lipinski definition) is 0. The van der Waals surface area contributed by atoms with E-state index in [9.17, 15) is 0 Å². The van der Waals surface area contributed by atoms with Crippen LogP contribution in [0.1, 0.15) is 50.2 Å². The summed E-state index contributed by atoms with van der Waals surface area (Å²) in [5, 5.41) is 0. The highest BCUT2D eigenvalue weighted by molar-refractivity contribution is 5.60. The highest BCUT2D eigenvalue weighted by Crippen LogP contribution is 2.55. The monoisotopic (exact) mass is 277 g/mol. The molecule has 1 nitrogen and oxygen atoms in total. The summed E-state index contributed by atoms with van der Waals surface area (Å²) in [7, 11) is 0. The molecule has 2 aliphatic rings. The molecule has 0 radical (unpaired) electrons. The van der Waals surface area contributed by atoms with E-state index < -0.39 is 0 Å². The van der Waals surface area contributed by atoms with Crippen molar-refractivity contribution in [3.8, 4) is 11.3 Å². The summed E-state index contributed by atoms with van der Waals surface area (Å²) in [6.45, 7) is 2.20. The van der Waals surface area contributed by atoms with Gasteiger partial charge in [0.05, 0.1) is 5.69 Å². The van der Waals surface area contributed by atoms with Crippen LogP contribution in [0.15, 0.2) is 42.6 Å². The molecule has 4 rings (SSSR count). The lowest BCUT2D eigenvalue weighted by molar-refractivity contribution is 0.419. The maximum Gasteiger partial charge on any atom is 0.0704 e. The molecule has 0 spiro atoms. The molecule has 1 heteroatoms. The molecule has 2 aliphatic carbocycles. The Bertz CT molecular complexity index is 633. The van der Waals surface area contributed by atoms with Gasteiger partial charge < -0.3 is 0 Å². The molecule has 2 aromatic rings. The van der Waals surface area contributed by atoms with Gasteiger partial charge in [-0.15, -0.1) is 0 Å². The van der Waals surface area contributed by atoms with Crippen LogP contribution in [0.5, 0.6) is 0 Å². The molecular formula is C20H23N. The minimum absolute atomic E-state index is 0.478. The van der Waals surface area contributed by atoms with E-state index in [1.165, 1.54) is 48.8 Å². The van der Waals surface area contributed by atoms with Gasteiger partial charge in [0.25, 0.3) is 0 Å². The Morgan fingerprint density at radius 1 is 1.10 bits per heavy atom. The number of nitrogens with zero attached hydrogens (tertiary/aromatic N) is 1. The molecule has 0 atom stereocenters. The van der Waals surface area contributed by atoms with Gasteiger partial charge in [0, 0.05) is 11.8 Å². The second-order valence-electron chi connectivity index (χ2n) is 6.91. The highest BCUT2D eigenvalue weighted by Gasteiger charge is 2.45. The molecule has 0 N–H and O–H groups in total. The molecular weight excluding hydrogens is 254 g/mol. The van der Waals surface area contributed by atoms with Crippen LogP contribution >= 0.6 is 0 Å². The lowest BCUT2D eigenvalue weighted by Crippen LogP contribution is -2.19. The van der Waals surface area contributed by atoms with E-state index in [4.69, 9.17) is 0 Å². The van der Waals surface area contributed by atoms with Crippen LogP contribution < -0.4 is 0 Å². The average molecular weight is 277 g/mol. The second-order valence-corrected chi connectivity index (χ2v) is 6.91. The Morgan fingerprint density at radius 2 is 1.86 bits per heavy atom. The molecule has 1 aromatic carbocycles. The van der Waals surface area contributed by atoms with Gasteiger partial charge in [-0.05, 0) is 73.1 Å². The number of pyridine rings is 1. The molecule has 0 saturated heterocycles. The molecule has 2 fully saturated rings. The van der Waals surface area contributed by atoms with E-state index in [0.29, 0.717) is 5.41 Å². The summed E-state index contributed by atoms with van der Waals surface area (Å²) in [5.74, 6) is 0.991. The summed E-state index contributed by atoms with van der Waals surface area (Å²) in [6, 6.07) is 13.5. The summed E-state index contributed by atoms with van der Waals surface area (Å²) in [6.07, 6.45) is 10.2. The Hall–Kier alpha value is -1.63. The van der Waals surface area contributed by atoms with Crippen molar-refractivity contribution in [2.45, 2.75) is 50.9 Å². The number of aromatic nitrogens is 1. The van der Waals surface area contributed by atoms with Crippen LogP contribution in [0.25, 0.3) is 11.3 Å². The first kappa shape index (κ1) is 13.1. The van der Waals surface area contributed by atoms with Crippen molar-refractivity contribution in [3.05, 3.63) is 53.7 Å². The van der Waals surface area contributed by atoms with E-state index in [1.54, 1.807) is 0 Å². The molecule has 108 valence electrons. The summed E-state index contributed by atoms with van der Waals surface area (Å²) < 4.78 is 0. The van der Waals surface area contributed by atoms with Gasteiger partial charge in [-0.1, -0.05) is 31.2 Å². The van der Waals surface area contributed by atoms with Gasteiger partial charge in [0.1, 0.15) is 0 Å². The standard InChI is InChI=1S/C20H23N/c1-2-15-3-5-17(6-4-15)19-13-18(9-12-21-19)20-10-7-16(14-20)8-11-20/h3-6,9,12-13,16H,2,7-8,10-11,14H2,1H3. The third-order valence-electron chi connectivity index (χ3n) is 5.77. The Balaban J connectivity index is 1.69. The number of rotatable bonds is 3. The predicted octanol–water partition coefficient (Wildman–Crippen LogP) is 5.14. The molecule has 0 unspecified atom stereocenters. The minimum atomic E-state index is 0.478. The minimum Gasteiger partial charge on any atom is -0.256 e. The normalized spacial score (nSPS) is 27.2. The summed E-state index contributed by atoms with van der Waals surface area (Å²) in [4.78, 5) is 4.62. The first-order valence-electron chi connectivity index (χ1n) is 8.35. The Kier molecular flexibility index (Phi) is 3.10. The quantitative estimate of drug-likeness (QED) is 0.756. The zero-order chi connectivity index (χ0) is 14.3. The predicted molar refractivity (Wildman–Crippen MR) is 87.3 cm³/mol. The van der Waals surface area contributed by atoms with Crippen molar-refractivity contribution < 1.29 is 0 Å². The van der Waals surface area contributed by atoms with E-state index in [2.05, 4.69) is 48.3 Å². The zero-order valence-electron chi connectivity index (χ0n) is 12.8. The van der Waals surface area contributed by atoms with Gasteiger partial charge in [-0.2, -0.15) is 0 Å². The van der Waals surface area contributed by atoms with Crippen LogP contribution in [-0.2, 0) is 11.8 Å². The van der Waals surface area contributed by atoms with E-state index >= 15 is 0 Å². The van der Waals surface area contributed by atoms with E-state index in [-0.39, 0.29) is 0 Å². The third kappa shape index (κ3) is 2.19. The van der Waals surface area contributed by atoms with Crippen LogP contribution in [0.3, 0.4) is 0 Å². The van der Waals surface area contributed by atoms with E-state index in [0.717, 1.165) is 18.0 Å². The van der Waals surface area contributed by atoms with Crippen molar-refractivity contribution in [2.24, 2.45) is 5.92 Å². The summed E-state index contributed by atoms with van der Waals surface area (Å²) >= 11 is 0. The Labute approximate surface area is 127 Å². The fourth-order valence-corrected chi connectivity index (χ4v) is 4.43. The molecule has 2 saturated carbocycles. The lowest BCUT2D eigenvalue weighted by atomic mass is 9.78. The topological polar surface area (TPSA) is 12.9 Å². The number of hydrogen-bond acceptors (Lipinski definition) is 1. The Morgan fingerprint density at radius 3 is 2.48 bits per heavy atom. The SMILES string of the molecule is CCc1ccc(-c2cc(C34CCC(CC3)C4)ccn2)cc1. The molecule has 0 aliphatic heterocycles. The maximum absolute atomic E-state index is 4.62. The lowest BCUT2D eigenvalue weighted by Gasteiger charge is -2.27. The van der Waals surface area contributed by atoms with Crippen LogP contribution in [0.4, 0.5) is 0 Å². The van der Waals surface area contributed by atoms with Gasteiger partial charge in [-0.3, -0.25) is 4.98 Å². The number of fused-ring (bicyclic) bond motifs is 2. The van der Waals surface area contributed by atoms with Crippen molar-refractivity contribution in [1.29, 1.82) is 0 Å². The third-order valence-corrected chi connectivity index (χ3v) is 5.77. The van der Waals surface area contributed by atoms with Crippen molar-refractivity contribution in [2.75, 3.05) is 0 Å². The summed E-state index contributed by atoms with van der Waals surface area (Å²) in [5.41, 5.74) is 5.79. The largest absolute Gasteiger partial charge is 0.256 e. The molecule has 1 aromatic heterocycles. The second kappa shape index (κ2) is 4.98. The number of aryl methyl sites for hydroxylation is 1.